The first-order valence-electron chi connectivity index (χ1n) is 8.75. The van der Waals surface area contributed by atoms with Gasteiger partial charge in [0.15, 0.2) is 5.82 Å². The third kappa shape index (κ3) is 4.33. The normalized spacial score (nSPS) is 18.0. The van der Waals surface area contributed by atoms with Gasteiger partial charge in [0.2, 0.25) is 15.9 Å². The van der Waals surface area contributed by atoms with Gasteiger partial charge in [-0.2, -0.15) is 22.9 Å². The summed E-state index contributed by atoms with van der Waals surface area (Å²) in [6.45, 7) is 1.58. The molecule has 0 amide bonds. The van der Waals surface area contributed by atoms with Crippen LogP contribution in [0.4, 0.5) is 13.2 Å². The van der Waals surface area contributed by atoms with E-state index in [1.54, 1.807) is 6.92 Å². The molecule has 1 aliphatic rings. The molecule has 3 rings (SSSR count). The largest absolute Gasteiger partial charge is 0.416 e. The van der Waals surface area contributed by atoms with Crippen molar-refractivity contribution in [2.45, 2.75) is 62.1 Å². The molecule has 154 valence electrons. The molecular formula is C17H19ClF3N3O3S. The van der Waals surface area contributed by atoms with E-state index in [9.17, 15) is 21.6 Å². The molecule has 0 bridgehead atoms. The number of hydrogen-bond acceptors (Lipinski definition) is 5. The second kappa shape index (κ2) is 7.64. The van der Waals surface area contributed by atoms with Gasteiger partial charge in [-0.3, -0.25) is 0 Å². The van der Waals surface area contributed by atoms with E-state index in [-0.39, 0.29) is 16.7 Å². The number of nitrogens with zero attached hydrogens (tertiary/aromatic N) is 2. The molecule has 0 atom stereocenters. The maximum atomic E-state index is 13.1. The van der Waals surface area contributed by atoms with Crippen molar-refractivity contribution in [2.24, 2.45) is 0 Å². The number of benzene rings is 1. The van der Waals surface area contributed by atoms with Gasteiger partial charge in [0.05, 0.1) is 16.1 Å². The Morgan fingerprint density at radius 3 is 2.36 bits per heavy atom. The van der Waals surface area contributed by atoms with E-state index < -0.39 is 32.2 Å². The summed E-state index contributed by atoms with van der Waals surface area (Å²) in [5.41, 5.74) is -2.26. The Bertz CT molecular complexity index is 952. The van der Waals surface area contributed by atoms with Gasteiger partial charge < -0.3 is 4.52 Å². The van der Waals surface area contributed by atoms with Crippen LogP contribution in [0.3, 0.4) is 0 Å². The predicted octanol–water partition coefficient (Wildman–Crippen LogP) is 4.58. The summed E-state index contributed by atoms with van der Waals surface area (Å²) >= 11 is 5.94. The molecule has 1 aromatic carbocycles. The summed E-state index contributed by atoms with van der Waals surface area (Å²) in [5, 5.41) is 3.59. The van der Waals surface area contributed by atoms with Crippen LogP contribution >= 0.6 is 11.6 Å². The maximum Gasteiger partial charge on any atom is 0.416 e. The topological polar surface area (TPSA) is 85.1 Å². The van der Waals surface area contributed by atoms with Crippen LogP contribution in [0, 0.1) is 6.92 Å². The Morgan fingerprint density at radius 1 is 1.18 bits per heavy atom. The quantitative estimate of drug-likeness (QED) is 0.708. The fourth-order valence-corrected chi connectivity index (χ4v) is 5.34. The Labute approximate surface area is 165 Å². The van der Waals surface area contributed by atoms with Crippen LogP contribution < -0.4 is 4.72 Å². The fourth-order valence-electron chi connectivity index (χ4n) is 3.39. The molecular weight excluding hydrogens is 419 g/mol. The van der Waals surface area contributed by atoms with Gasteiger partial charge in [-0.25, -0.2) is 8.42 Å². The van der Waals surface area contributed by atoms with Crippen LogP contribution in [-0.2, 0) is 21.7 Å². The van der Waals surface area contributed by atoms with Gasteiger partial charge >= 0.3 is 6.18 Å². The lowest BCUT2D eigenvalue weighted by atomic mass is 9.91. The molecule has 1 fully saturated rings. The van der Waals surface area contributed by atoms with Crippen LogP contribution in [0.2, 0.25) is 5.02 Å². The third-order valence-corrected chi connectivity index (χ3v) is 6.81. The van der Waals surface area contributed by atoms with Crippen molar-refractivity contribution in [2.75, 3.05) is 0 Å². The maximum absolute atomic E-state index is 13.1. The van der Waals surface area contributed by atoms with Crippen molar-refractivity contribution in [3.63, 3.8) is 0 Å². The Hall–Kier alpha value is -1.65. The minimum absolute atomic E-state index is 0.179. The van der Waals surface area contributed by atoms with Crippen molar-refractivity contribution in [1.29, 1.82) is 0 Å². The second-order valence-electron chi connectivity index (χ2n) is 6.88. The Morgan fingerprint density at radius 2 is 1.82 bits per heavy atom. The van der Waals surface area contributed by atoms with Crippen molar-refractivity contribution in [3.8, 4) is 0 Å². The summed E-state index contributed by atoms with van der Waals surface area (Å²) in [5.74, 6) is 0.452. The standard InChI is InChI=1S/C17H19ClF3N3O3S/c1-11-22-15(23-27-11)16(8-4-2-3-5-9-16)24-28(25,26)14-10-12(17(19,20)21)6-7-13(14)18/h6-7,10,24H,2-5,8-9H2,1H3. The molecule has 1 saturated carbocycles. The van der Waals surface area contributed by atoms with Crippen molar-refractivity contribution >= 4 is 21.6 Å². The van der Waals surface area contributed by atoms with Crippen molar-refractivity contribution in [1.82, 2.24) is 14.9 Å². The van der Waals surface area contributed by atoms with Crippen LogP contribution in [0.25, 0.3) is 0 Å². The van der Waals surface area contributed by atoms with Gasteiger partial charge in [0, 0.05) is 6.92 Å². The van der Waals surface area contributed by atoms with E-state index in [4.69, 9.17) is 16.1 Å². The first-order chi connectivity index (χ1) is 13.0. The molecule has 0 saturated heterocycles. The minimum atomic E-state index is -4.69. The van der Waals surface area contributed by atoms with Gasteiger partial charge in [-0.05, 0) is 31.0 Å². The smallest absolute Gasteiger partial charge is 0.340 e. The van der Waals surface area contributed by atoms with Gasteiger partial charge in [0.1, 0.15) is 4.90 Å². The van der Waals surface area contributed by atoms with E-state index in [2.05, 4.69) is 14.9 Å². The second-order valence-corrected chi connectivity index (χ2v) is 8.94. The van der Waals surface area contributed by atoms with Crippen LogP contribution in [0.5, 0.6) is 0 Å². The average molecular weight is 438 g/mol. The first kappa shape index (κ1) is 21.1. The molecule has 1 aromatic heterocycles. The third-order valence-electron chi connectivity index (χ3n) is 4.79. The number of hydrogen-bond donors (Lipinski definition) is 1. The zero-order chi connectivity index (χ0) is 20.6. The summed E-state index contributed by atoms with van der Waals surface area (Å²) < 4.78 is 72.8. The molecule has 6 nitrogen and oxygen atoms in total. The molecule has 0 spiro atoms. The van der Waals surface area contributed by atoms with Gasteiger partial charge in [-0.1, -0.05) is 42.4 Å². The Kier molecular flexibility index (Phi) is 5.75. The lowest BCUT2D eigenvalue weighted by molar-refractivity contribution is -0.137. The number of halogens is 4. The average Bonchev–Trinajstić information content (AvgIpc) is 2.90. The zero-order valence-corrected chi connectivity index (χ0v) is 16.6. The van der Waals surface area contributed by atoms with Crippen LogP contribution in [-0.4, -0.2) is 18.6 Å². The number of alkyl halides is 3. The number of aryl methyl sites for hydroxylation is 1. The molecule has 28 heavy (non-hydrogen) atoms. The summed E-state index contributed by atoms with van der Waals surface area (Å²) in [7, 11) is -4.39. The molecule has 2 aromatic rings. The van der Waals surface area contributed by atoms with E-state index >= 15 is 0 Å². The van der Waals surface area contributed by atoms with Gasteiger partial charge in [0.25, 0.3) is 0 Å². The summed E-state index contributed by atoms with van der Waals surface area (Å²) in [4.78, 5) is 3.56. The zero-order valence-electron chi connectivity index (χ0n) is 15.0. The molecule has 1 heterocycles. The highest BCUT2D eigenvalue weighted by Gasteiger charge is 2.42. The van der Waals surface area contributed by atoms with Crippen LogP contribution in [0.1, 0.15) is 55.8 Å². The highest BCUT2D eigenvalue weighted by atomic mass is 35.5. The number of nitrogens with one attached hydrogen (secondary N) is 1. The fraction of sp³-hybridized carbons (Fsp3) is 0.529. The molecule has 11 heteroatoms. The summed E-state index contributed by atoms with van der Waals surface area (Å²) in [6, 6.07) is 2.21. The minimum Gasteiger partial charge on any atom is -0.340 e. The summed E-state index contributed by atoms with van der Waals surface area (Å²) in [6.07, 6.45) is -0.642. The van der Waals surface area contributed by atoms with E-state index in [1.807, 2.05) is 0 Å². The lowest BCUT2D eigenvalue weighted by Gasteiger charge is -2.30. The van der Waals surface area contributed by atoms with E-state index in [0.29, 0.717) is 31.7 Å². The molecule has 0 aliphatic heterocycles. The lowest BCUT2D eigenvalue weighted by Crippen LogP contribution is -2.46. The first-order valence-corrected chi connectivity index (χ1v) is 10.6. The SMILES string of the molecule is Cc1nc(C2(NS(=O)(=O)c3cc(C(F)(F)F)ccc3Cl)CCCCCC2)no1. The molecule has 0 unspecified atom stereocenters. The van der Waals surface area contributed by atoms with Crippen molar-refractivity contribution in [3.05, 3.63) is 40.5 Å². The molecule has 1 aliphatic carbocycles. The highest BCUT2D eigenvalue weighted by molar-refractivity contribution is 7.89. The Balaban J connectivity index is 2.05. The number of rotatable bonds is 4. The van der Waals surface area contributed by atoms with Gasteiger partial charge in [-0.15, -0.1) is 0 Å². The number of sulfonamides is 1. The monoisotopic (exact) mass is 437 g/mol. The highest BCUT2D eigenvalue weighted by Crippen LogP contribution is 2.38. The molecule has 1 N–H and O–H groups in total. The molecule has 0 radical (unpaired) electrons. The van der Waals surface area contributed by atoms with Crippen LogP contribution in [0.15, 0.2) is 27.6 Å². The van der Waals surface area contributed by atoms with Crippen molar-refractivity contribution < 1.29 is 26.1 Å². The predicted molar refractivity (Wildman–Crippen MR) is 95.2 cm³/mol. The number of aromatic nitrogens is 2. The van der Waals surface area contributed by atoms with E-state index in [1.165, 1.54) is 0 Å². The van der Waals surface area contributed by atoms with E-state index in [0.717, 1.165) is 25.0 Å².